The highest BCUT2D eigenvalue weighted by Crippen LogP contribution is 2.16. The summed E-state index contributed by atoms with van der Waals surface area (Å²) < 4.78 is 0. The molecular weight excluding hydrogens is 236 g/mol. The van der Waals surface area contributed by atoms with Crippen molar-refractivity contribution in [1.29, 1.82) is 5.26 Å². The lowest BCUT2D eigenvalue weighted by Crippen LogP contribution is -2.40. The van der Waals surface area contributed by atoms with Gasteiger partial charge in [0.25, 0.3) is 0 Å². The van der Waals surface area contributed by atoms with Gasteiger partial charge in [-0.2, -0.15) is 5.26 Å². The molecule has 0 aromatic carbocycles. The molecule has 4 nitrogen and oxygen atoms in total. The Balaban J connectivity index is 2.16. The van der Waals surface area contributed by atoms with Crippen molar-refractivity contribution in [3.63, 3.8) is 0 Å². The monoisotopic (exact) mass is 266 g/mol. The molecule has 0 aromatic heterocycles. The van der Waals surface area contributed by atoms with Gasteiger partial charge >= 0.3 is 0 Å². The molecule has 4 heteroatoms. The van der Waals surface area contributed by atoms with Crippen LogP contribution in [0.2, 0.25) is 0 Å². The summed E-state index contributed by atoms with van der Waals surface area (Å²) >= 11 is 0. The molecule has 1 rings (SSSR count). The molecule has 1 saturated heterocycles. The number of nitriles is 1. The average Bonchev–Trinajstić information content (AvgIpc) is 2.84. The van der Waals surface area contributed by atoms with Gasteiger partial charge in [-0.05, 0) is 66.3 Å². The van der Waals surface area contributed by atoms with E-state index in [4.69, 9.17) is 0 Å². The molecule has 1 heterocycles. The van der Waals surface area contributed by atoms with Gasteiger partial charge in [0.05, 0.1) is 6.07 Å². The largest absolute Gasteiger partial charge is 0.305 e. The first-order valence-electron chi connectivity index (χ1n) is 7.56. The van der Waals surface area contributed by atoms with E-state index in [9.17, 15) is 5.26 Å². The quantitative estimate of drug-likeness (QED) is 0.679. The lowest BCUT2D eigenvalue weighted by molar-refractivity contribution is 0.263. The maximum Gasteiger partial charge on any atom is 0.103 e. The van der Waals surface area contributed by atoms with Crippen LogP contribution in [0.15, 0.2) is 0 Å². The number of hydrogen-bond donors (Lipinski definition) is 1. The summed E-state index contributed by atoms with van der Waals surface area (Å²) in [6.45, 7) is 8.54. The smallest absolute Gasteiger partial charge is 0.103 e. The average molecular weight is 266 g/mol. The molecule has 0 radical (unpaired) electrons. The third-order valence-corrected chi connectivity index (χ3v) is 4.19. The van der Waals surface area contributed by atoms with Crippen molar-refractivity contribution in [2.45, 2.75) is 51.1 Å². The standard InChI is InChI=1S/C15H30N4/c1-5-17-15(2,13-16)9-6-7-10-19-11-8-14(12-19)18(3)4/h14,17H,5-12H2,1-4H3. The van der Waals surface area contributed by atoms with Crippen molar-refractivity contribution in [3.8, 4) is 6.07 Å². The summed E-state index contributed by atoms with van der Waals surface area (Å²) in [7, 11) is 4.34. The molecule has 0 aliphatic carbocycles. The van der Waals surface area contributed by atoms with Gasteiger partial charge in [0.15, 0.2) is 0 Å². The second-order valence-corrected chi connectivity index (χ2v) is 6.14. The van der Waals surface area contributed by atoms with Crippen molar-refractivity contribution < 1.29 is 0 Å². The van der Waals surface area contributed by atoms with Crippen LogP contribution in [-0.2, 0) is 0 Å². The third kappa shape index (κ3) is 5.48. The molecule has 2 atom stereocenters. The fourth-order valence-corrected chi connectivity index (χ4v) is 2.82. The van der Waals surface area contributed by atoms with E-state index in [-0.39, 0.29) is 5.54 Å². The van der Waals surface area contributed by atoms with E-state index in [2.05, 4.69) is 42.2 Å². The summed E-state index contributed by atoms with van der Waals surface area (Å²) in [6, 6.07) is 3.13. The minimum absolute atomic E-state index is 0.341. The zero-order chi connectivity index (χ0) is 14.3. The molecule has 2 unspecified atom stereocenters. The number of rotatable bonds is 8. The van der Waals surface area contributed by atoms with Crippen molar-refractivity contribution in [2.24, 2.45) is 0 Å². The molecule has 1 aliphatic rings. The molecule has 0 saturated carbocycles. The van der Waals surface area contributed by atoms with Crippen LogP contribution in [0, 0.1) is 11.3 Å². The highest BCUT2D eigenvalue weighted by Gasteiger charge is 2.24. The first kappa shape index (κ1) is 16.4. The Bertz CT molecular complexity index is 297. The van der Waals surface area contributed by atoms with E-state index in [1.54, 1.807) is 0 Å². The Morgan fingerprint density at radius 2 is 2.16 bits per heavy atom. The summed E-state index contributed by atoms with van der Waals surface area (Å²) in [5, 5.41) is 12.5. The van der Waals surface area contributed by atoms with Crippen LogP contribution in [0.4, 0.5) is 0 Å². The van der Waals surface area contributed by atoms with E-state index in [1.807, 2.05) is 6.92 Å². The van der Waals surface area contributed by atoms with Gasteiger partial charge in [-0.1, -0.05) is 6.92 Å². The SMILES string of the molecule is CCNC(C)(C#N)CCCCN1CCC(N(C)C)C1. The molecule has 1 fully saturated rings. The Kier molecular flexibility index (Phi) is 6.78. The normalized spacial score (nSPS) is 23.5. The maximum absolute atomic E-state index is 9.19. The summed E-state index contributed by atoms with van der Waals surface area (Å²) in [5.74, 6) is 0. The van der Waals surface area contributed by atoms with Gasteiger partial charge in [-0.15, -0.1) is 0 Å². The van der Waals surface area contributed by atoms with Crippen LogP contribution < -0.4 is 5.32 Å². The van der Waals surface area contributed by atoms with Gasteiger partial charge < -0.3 is 9.80 Å². The van der Waals surface area contributed by atoms with Crippen LogP contribution in [0.25, 0.3) is 0 Å². The Hall–Kier alpha value is -0.630. The number of hydrogen-bond acceptors (Lipinski definition) is 4. The van der Waals surface area contributed by atoms with Crippen LogP contribution in [0.3, 0.4) is 0 Å². The van der Waals surface area contributed by atoms with Gasteiger partial charge in [-0.25, -0.2) is 0 Å². The fraction of sp³-hybridized carbons (Fsp3) is 0.933. The summed E-state index contributed by atoms with van der Waals surface area (Å²) in [6.07, 6.45) is 4.56. The number of nitrogens with zero attached hydrogens (tertiary/aromatic N) is 3. The molecule has 0 bridgehead atoms. The minimum atomic E-state index is -0.341. The Labute approximate surface area is 118 Å². The molecular formula is C15H30N4. The maximum atomic E-state index is 9.19. The lowest BCUT2D eigenvalue weighted by atomic mass is 9.96. The predicted octanol–water partition coefficient (Wildman–Crippen LogP) is 1.68. The van der Waals surface area contributed by atoms with Crippen LogP contribution >= 0.6 is 0 Å². The molecule has 0 aromatic rings. The number of nitrogens with one attached hydrogen (secondary N) is 1. The summed E-state index contributed by atoms with van der Waals surface area (Å²) in [4.78, 5) is 4.89. The van der Waals surface area contributed by atoms with Crippen molar-refractivity contribution in [1.82, 2.24) is 15.1 Å². The molecule has 19 heavy (non-hydrogen) atoms. The second kappa shape index (κ2) is 7.84. The minimum Gasteiger partial charge on any atom is -0.305 e. The van der Waals surface area contributed by atoms with Gasteiger partial charge in [0.2, 0.25) is 0 Å². The van der Waals surface area contributed by atoms with E-state index < -0.39 is 0 Å². The first-order valence-corrected chi connectivity index (χ1v) is 7.56. The van der Waals surface area contributed by atoms with E-state index in [0.29, 0.717) is 0 Å². The zero-order valence-corrected chi connectivity index (χ0v) is 13.1. The molecule has 1 N–H and O–H groups in total. The van der Waals surface area contributed by atoms with Crippen LogP contribution in [-0.4, -0.2) is 61.7 Å². The highest BCUT2D eigenvalue weighted by molar-refractivity contribution is 5.03. The fourth-order valence-electron chi connectivity index (χ4n) is 2.82. The number of unbranched alkanes of at least 4 members (excludes halogenated alkanes) is 1. The van der Waals surface area contributed by atoms with E-state index in [1.165, 1.54) is 32.5 Å². The van der Waals surface area contributed by atoms with Crippen molar-refractivity contribution >= 4 is 0 Å². The molecule has 0 amide bonds. The highest BCUT2D eigenvalue weighted by atomic mass is 15.2. The van der Waals surface area contributed by atoms with Crippen LogP contribution in [0.1, 0.15) is 39.5 Å². The van der Waals surface area contributed by atoms with E-state index in [0.717, 1.165) is 25.4 Å². The van der Waals surface area contributed by atoms with E-state index >= 15 is 0 Å². The second-order valence-electron chi connectivity index (χ2n) is 6.14. The molecule has 1 aliphatic heterocycles. The van der Waals surface area contributed by atoms with Crippen molar-refractivity contribution in [2.75, 3.05) is 40.3 Å². The molecule has 0 spiro atoms. The topological polar surface area (TPSA) is 42.3 Å². The lowest BCUT2D eigenvalue weighted by Gasteiger charge is -2.23. The van der Waals surface area contributed by atoms with Gasteiger partial charge in [0, 0.05) is 12.6 Å². The number of likely N-dealkylation sites (tertiary alicyclic amines) is 1. The van der Waals surface area contributed by atoms with Crippen LogP contribution in [0.5, 0.6) is 0 Å². The Morgan fingerprint density at radius 3 is 2.68 bits per heavy atom. The molecule has 110 valence electrons. The summed E-state index contributed by atoms with van der Waals surface area (Å²) in [5.41, 5.74) is -0.341. The Morgan fingerprint density at radius 1 is 1.42 bits per heavy atom. The third-order valence-electron chi connectivity index (χ3n) is 4.19. The first-order chi connectivity index (χ1) is 9.00. The zero-order valence-electron chi connectivity index (χ0n) is 13.1. The van der Waals surface area contributed by atoms with Gasteiger partial charge in [-0.3, -0.25) is 5.32 Å². The predicted molar refractivity (Wildman–Crippen MR) is 80.1 cm³/mol. The van der Waals surface area contributed by atoms with Crippen molar-refractivity contribution in [3.05, 3.63) is 0 Å². The van der Waals surface area contributed by atoms with Gasteiger partial charge in [0.1, 0.15) is 5.54 Å². The number of likely N-dealkylation sites (N-methyl/N-ethyl adjacent to an activating group) is 1.